The van der Waals surface area contributed by atoms with Crippen LogP contribution in [0.15, 0.2) is 97.8 Å². The summed E-state index contributed by atoms with van der Waals surface area (Å²) >= 11 is 0. The first-order valence-electron chi connectivity index (χ1n) is 20.5. The molecule has 0 heterocycles. The summed E-state index contributed by atoms with van der Waals surface area (Å²) in [5.74, 6) is 0. The highest BCUT2D eigenvalue weighted by atomic mass is 16.6. The lowest BCUT2D eigenvalue weighted by molar-refractivity contribution is -0.0641. The predicted molar refractivity (Wildman–Crippen MR) is 238 cm³/mol. The highest BCUT2D eigenvalue weighted by Crippen LogP contribution is 2.07. The van der Waals surface area contributed by atoms with E-state index in [2.05, 4.69) is 83.0 Å². The van der Waals surface area contributed by atoms with Crippen molar-refractivity contribution in [2.45, 2.75) is 84.5 Å². The molecule has 310 valence electrons. The van der Waals surface area contributed by atoms with Crippen molar-refractivity contribution in [2.75, 3.05) is 72.6 Å². The van der Waals surface area contributed by atoms with Crippen molar-refractivity contribution in [1.29, 1.82) is 0 Å². The summed E-state index contributed by atoms with van der Waals surface area (Å²) < 4.78 is 29.8. The molecule has 0 bridgehead atoms. The molecule has 10 heteroatoms. The maximum atomic E-state index is 6.32. The van der Waals surface area contributed by atoms with Crippen LogP contribution in [-0.4, -0.2) is 128 Å². The van der Waals surface area contributed by atoms with Gasteiger partial charge in [-0.3, -0.25) is 20.0 Å². The molecule has 57 heavy (non-hydrogen) atoms. The molecule has 0 saturated carbocycles. The van der Waals surface area contributed by atoms with E-state index in [0.717, 1.165) is 80.8 Å². The smallest absolute Gasteiger partial charge is 0.104 e. The minimum absolute atomic E-state index is 0.00341. The van der Waals surface area contributed by atoms with E-state index in [1.165, 1.54) is 11.1 Å². The lowest BCUT2D eigenvalue weighted by atomic mass is 10.1. The summed E-state index contributed by atoms with van der Waals surface area (Å²) in [6.07, 6.45) is 11.2. The summed E-state index contributed by atoms with van der Waals surface area (Å²) in [5, 5.41) is 0. The van der Waals surface area contributed by atoms with Crippen LogP contribution in [0.5, 0.6) is 0 Å². The molecule has 0 aliphatic heterocycles. The zero-order chi connectivity index (χ0) is 40.8. The average Bonchev–Trinajstić information content (AvgIpc) is 3.20. The zero-order valence-electron chi connectivity index (χ0n) is 35.1. The predicted octanol–water partition coefficient (Wildman–Crippen LogP) is 8.26. The second kappa shape index (κ2) is 30.0. The first kappa shape index (κ1) is 47.2. The molecule has 10 nitrogen and oxygen atoms in total. The van der Waals surface area contributed by atoms with E-state index >= 15 is 0 Å². The monoisotopic (exact) mass is 782 g/mol. The number of aryl methyl sites for hydroxylation is 2. The molecule has 0 aliphatic rings. The number of nitrogens with zero attached hydrogens (tertiary/aromatic N) is 5. The lowest BCUT2D eigenvalue weighted by Crippen LogP contribution is -2.30. The Morgan fingerprint density at radius 2 is 0.947 bits per heavy atom. The lowest BCUT2D eigenvalue weighted by Gasteiger charge is -2.21. The summed E-state index contributed by atoms with van der Waals surface area (Å²) in [6.45, 7) is 20.4. The normalized spacial score (nSPS) is 14.3. The van der Waals surface area contributed by atoms with Gasteiger partial charge in [-0.25, -0.2) is 0 Å². The largest absolute Gasteiger partial charge is 0.381 e. The Morgan fingerprint density at radius 1 is 0.509 bits per heavy atom. The highest BCUT2D eigenvalue weighted by molar-refractivity contribution is 5.86. The maximum Gasteiger partial charge on any atom is 0.104 e. The van der Waals surface area contributed by atoms with Crippen molar-refractivity contribution in [1.82, 2.24) is 0 Å². The van der Waals surface area contributed by atoms with Crippen molar-refractivity contribution in [3.63, 3.8) is 0 Å². The molecule has 0 spiro atoms. The van der Waals surface area contributed by atoms with Crippen molar-refractivity contribution in [2.24, 2.45) is 25.0 Å². The molecule has 3 unspecified atom stereocenters. The maximum absolute atomic E-state index is 6.32. The van der Waals surface area contributed by atoms with Gasteiger partial charge in [-0.2, -0.15) is 0 Å². The SMILES string of the molecule is C=NCCCOCCCCOCCCN=Cc1cccc(C=NC(C)COC(COCC(C)N=Cc2cccc(C)c2)COCC(C)N=Cc2cccc(C)c2)c1. The van der Waals surface area contributed by atoms with E-state index in [9.17, 15) is 0 Å². The minimum Gasteiger partial charge on any atom is -0.381 e. The van der Waals surface area contributed by atoms with Gasteiger partial charge in [0.15, 0.2) is 0 Å². The van der Waals surface area contributed by atoms with Crippen LogP contribution in [0.2, 0.25) is 0 Å². The molecule has 0 radical (unpaired) electrons. The molecule has 0 saturated heterocycles. The molecule has 0 fully saturated rings. The van der Waals surface area contributed by atoms with Gasteiger partial charge in [-0.15, -0.1) is 0 Å². The number of benzene rings is 3. The van der Waals surface area contributed by atoms with Crippen molar-refractivity contribution >= 4 is 31.6 Å². The summed E-state index contributed by atoms with van der Waals surface area (Å²) in [5.41, 5.74) is 6.64. The summed E-state index contributed by atoms with van der Waals surface area (Å²) in [7, 11) is 0. The van der Waals surface area contributed by atoms with Crippen molar-refractivity contribution in [3.8, 4) is 0 Å². The topological polar surface area (TPSA) is 108 Å². The first-order valence-corrected chi connectivity index (χ1v) is 20.5. The standard InChI is InChI=1S/C47H67N5O5/c1-38-14-9-16-43(26-38)30-50-40(3)33-55-36-47(37-56-34-41(4)51-31-44-17-10-15-39(2)27-44)57-35-42(5)52-32-46-19-11-18-45(28-46)29-49-21-13-25-54-23-8-7-22-53-24-12-20-48-6/h9-11,14-19,26-32,40-42,47H,6-8,12-13,20-25,33-37H2,1-5H3. The van der Waals surface area contributed by atoms with Gasteiger partial charge in [0.1, 0.15) is 6.10 Å². The zero-order valence-corrected chi connectivity index (χ0v) is 35.1. The summed E-state index contributed by atoms with van der Waals surface area (Å²) in [6, 6.07) is 24.7. The third kappa shape index (κ3) is 23.6. The molecule has 3 rings (SSSR count). The Kier molecular flexibility index (Phi) is 24.8. The molecular formula is C47H67N5O5. The fourth-order valence-electron chi connectivity index (χ4n) is 5.47. The van der Waals surface area contributed by atoms with Gasteiger partial charge in [-0.05, 0) is 95.3 Å². The number of unbranched alkanes of at least 4 members (excludes halogenated alkanes) is 1. The van der Waals surface area contributed by atoms with Gasteiger partial charge in [0.05, 0.1) is 51.2 Å². The van der Waals surface area contributed by atoms with Crippen molar-refractivity contribution in [3.05, 3.63) is 106 Å². The number of aliphatic imine (C=N–C) groups is 5. The van der Waals surface area contributed by atoms with Crippen LogP contribution in [0.4, 0.5) is 0 Å². The number of hydrogen-bond acceptors (Lipinski definition) is 10. The molecule has 0 aromatic heterocycles. The van der Waals surface area contributed by atoms with E-state index in [0.29, 0.717) is 39.6 Å². The highest BCUT2D eigenvalue weighted by Gasteiger charge is 2.14. The number of hydrogen-bond donors (Lipinski definition) is 0. The van der Waals surface area contributed by atoms with E-state index in [1.54, 1.807) is 0 Å². The van der Waals surface area contributed by atoms with E-state index in [4.69, 9.17) is 28.7 Å². The van der Waals surface area contributed by atoms with Gasteiger partial charge in [0.25, 0.3) is 0 Å². The van der Waals surface area contributed by atoms with Crippen LogP contribution in [0.1, 0.15) is 79.8 Å². The van der Waals surface area contributed by atoms with Gasteiger partial charge in [0.2, 0.25) is 0 Å². The third-order valence-electron chi connectivity index (χ3n) is 8.58. The van der Waals surface area contributed by atoms with E-state index < -0.39 is 0 Å². The second-order valence-corrected chi connectivity index (χ2v) is 14.5. The van der Waals surface area contributed by atoms with Crippen LogP contribution < -0.4 is 0 Å². The molecular weight excluding hydrogens is 715 g/mol. The first-order chi connectivity index (χ1) is 27.8. The van der Waals surface area contributed by atoms with Crippen LogP contribution in [0.25, 0.3) is 0 Å². The number of rotatable bonds is 31. The Hall–Kier alpha value is -4.19. The summed E-state index contributed by atoms with van der Waals surface area (Å²) in [4.78, 5) is 22.5. The van der Waals surface area contributed by atoms with Gasteiger partial charge in [0, 0.05) is 64.4 Å². The average molecular weight is 782 g/mol. The Labute approximate surface area is 342 Å². The van der Waals surface area contributed by atoms with Crippen molar-refractivity contribution < 1.29 is 23.7 Å². The fourth-order valence-corrected chi connectivity index (χ4v) is 5.47. The molecule has 3 atom stereocenters. The van der Waals surface area contributed by atoms with Gasteiger partial charge in [-0.1, -0.05) is 77.9 Å². The van der Waals surface area contributed by atoms with Crippen LogP contribution in [0, 0.1) is 13.8 Å². The third-order valence-corrected chi connectivity index (χ3v) is 8.58. The molecule has 0 amide bonds. The van der Waals surface area contributed by atoms with E-state index in [1.807, 2.05) is 76.0 Å². The Morgan fingerprint density at radius 3 is 1.46 bits per heavy atom. The fraction of sp³-hybridized carbons (Fsp3) is 0.511. The van der Waals surface area contributed by atoms with Crippen LogP contribution in [-0.2, 0) is 23.7 Å². The quantitative estimate of drug-likeness (QED) is 0.0483. The van der Waals surface area contributed by atoms with Crippen LogP contribution in [0.3, 0.4) is 0 Å². The molecule has 0 aliphatic carbocycles. The second-order valence-electron chi connectivity index (χ2n) is 14.5. The Bertz CT molecular complexity index is 1580. The minimum atomic E-state index is -0.261. The van der Waals surface area contributed by atoms with E-state index in [-0.39, 0.29) is 24.2 Å². The molecule has 3 aromatic carbocycles. The number of ether oxygens (including phenoxy) is 5. The van der Waals surface area contributed by atoms with Gasteiger partial charge >= 0.3 is 0 Å². The molecule has 3 aromatic rings. The molecule has 0 N–H and O–H groups in total. The van der Waals surface area contributed by atoms with Crippen LogP contribution >= 0.6 is 0 Å². The Balaban J connectivity index is 1.41. The van der Waals surface area contributed by atoms with Gasteiger partial charge < -0.3 is 28.7 Å².